The second kappa shape index (κ2) is 9.81. The van der Waals surface area contributed by atoms with Gasteiger partial charge in [-0.3, -0.25) is 4.72 Å². The maximum Gasteiger partial charge on any atom is 0.416 e. The average Bonchev–Trinajstić information content (AvgIpc) is 2.75. The molecule has 0 fully saturated rings. The van der Waals surface area contributed by atoms with Crippen molar-refractivity contribution in [3.63, 3.8) is 0 Å². The first-order valence-electron chi connectivity index (χ1n) is 8.82. The van der Waals surface area contributed by atoms with Crippen LogP contribution in [0.2, 0.25) is 0 Å². The number of halogens is 3. The van der Waals surface area contributed by atoms with E-state index in [2.05, 4.69) is 4.74 Å². The van der Waals surface area contributed by atoms with Crippen LogP contribution in [0.4, 0.5) is 18.9 Å². The van der Waals surface area contributed by atoms with Crippen LogP contribution in [0.1, 0.15) is 21.5 Å². The Morgan fingerprint density at radius 1 is 1.03 bits per heavy atom. The first-order valence-corrected chi connectivity index (χ1v) is 10.3. The summed E-state index contributed by atoms with van der Waals surface area (Å²) in [7, 11) is -1.11. The lowest BCUT2D eigenvalue weighted by molar-refractivity contribution is -0.137. The summed E-state index contributed by atoms with van der Waals surface area (Å²) in [6, 6.07) is 4.00. The van der Waals surface area contributed by atoms with E-state index < -0.39 is 49.8 Å². The number of rotatable bonds is 8. The molecule has 9 nitrogen and oxygen atoms in total. The highest BCUT2D eigenvalue weighted by Crippen LogP contribution is 2.38. The Labute approximate surface area is 186 Å². The lowest BCUT2D eigenvalue weighted by Gasteiger charge is -2.16. The summed E-state index contributed by atoms with van der Waals surface area (Å²) in [6.45, 7) is 0. The van der Waals surface area contributed by atoms with Crippen molar-refractivity contribution in [3.05, 3.63) is 53.1 Å². The predicted molar refractivity (Wildman–Crippen MR) is 110 cm³/mol. The number of benzene rings is 2. The van der Waals surface area contributed by atoms with Gasteiger partial charge in [-0.25, -0.2) is 18.0 Å². The molecule has 0 aromatic heterocycles. The highest BCUT2D eigenvalue weighted by atomic mass is 32.2. The van der Waals surface area contributed by atoms with Gasteiger partial charge >= 0.3 is 18.1 Å². The molecule has 2 aromatic rings. The van der Waals surface area contributed by atoms with E-state index in [1.54, 1.807) is 0 Å². The number of aromatic carboxylic acids is 1. The molecule has 33 heavy (non-hydrogen) atoms. The second-order valence-electron chi connectivity index (χ2n) is 6.32. The molecule has 13 heteroatoms. The zero-order valence-electron chi connectivity index (χ0n) is 17.4. The maximum atomic E-state index is 13.2. The number of ether oxygens (including phenoxy) is 3. The standard InChI is InChI=1S/C20H18F3NO8S/c1-30-15-6-11(4-5-17(25)31-2)7-16(18(15)32-3)33(28,29)24-14-9-12(19(26)27)8-13(10-14)20(21,22)23/h4-10,24H,1-3H3,(H,26,27)/b5-4+. The van der Waals surface area contributed by atoms with Gasteiger partial charge in [0.1, 0.15) is 4.90 Å². The maximum absolute atomic E-state index is 13.2. The Morgan fingerprint density at radius 3 is 2.21 bits per heavy atom. The van der Waals surface area contributed by atoms with Crippen molar-refractivity contribution in [2.45, 2.75) is 11.1 Å². The van der Waals surface area contributed by atoms with Gasteiger partial charge in [0, 0.05) is 6.08 Å². The molecule has 0 aliphatic carbocycles. The third-order valence-electron chi connectivity index (χ3n) is 4.13. The Kier molecular flexibility index (Phi) is 7.59. The quantitative estimate of drug-likeness (QED) is 0.427. The number of hydrogen-bond donors (Lipinski definition) is 2. The van der Waals surface area contributed by atoms with Gasteiger partial charge in [-0.05, 0) is 42.0 Å². The first kappa shape index (κ1) is 25.5. The molecule has 0 saturated heterocycles. The number of anilines is 1. The number of alkyl halides is 3. The fourth-order valence-corrected chi connectivity index (χ4v) is 3.92. The Morgan fingerprint density at radius 2 is 1.70 bits per heavy atom. The minimum atomic E-state index is -4.93. The molecule has 0 saturated carbocycles. The van der Waals surface area contributed by atoms with Crippen LogP contribution < -0.4 is 14.2 Å². The minimum absolute atomic E-state index is 0.0554. The molecule has 178 valence electrons. The molecule has 2 rings (SSSR count). The van der Waals surface area contributed by atoms with Gasteiger partial charge in [0.25, 0.3) is 10.0 Å². The van der Waals surface area contributed by atoms with Crippen molar-refractivity contribution in [2.75, 3.05) is 26.1 Å². The minimum Gasteiger partial charge on any atom is -0.493 e. The number of hydrogen-bond acceptors (Lipinski definition) is 7. The molecule has 0 aliphatic rings. The number of carbonyl (C=O) groups is 2. The largest absolute Gasteiger partial charge is 0.493 e. The number of esters is 1. The van der Waals surface area contributed by atoms with Crippen molar-refractivity contribution in [1.29, 1.82) is 0 Å². The van der Waals surface area contributed by atoms with Gasteiger partial charge < -0.3 is 19.3 Å². The normalized spacial score (nSPS) is 11.8. The zero-order valence-corrected chi connectivity index (χ0v) is 18.2. The van der Waals surface area contributed by atoms with E-state index in [-0.39, 0.29) is 17.1 Å². The monoisotopic (exact) mass is 489 g/mol. The first-order chi connectivity index (χ1) is 15.3. The fourth-order valence-electron chi connectivity index (χ4n) is 2.66. The summed E-state index contributed by atoms with van der Waals surface area (Å²) in [5, 5.41) is 9.10. The molecule has 2 aromatic carbocycles. The lowest BCUT2D eigenvalue weighted by Crippen LogP contribution is -2.16. The number of carboxylic acids is 1. The van der Waals surface area contributed by atoms with Crippen LogP contribution in [0.5, 0.6) is 11.5 Å². The molecule has 0 aliphatic heterocycles. The molecule has 0 spiro atoms. The Balaban J connectivity index is 2.64. The van der Waals surface area contributed by atoms with Crippen LogP contribution in [0.15, 0.2) is 41.3 Å². The summed E-state index contributed by atoms with van der Waals surface area (Å²) in [5.41, 5.74) is -2.62. The van der Waals surface area contributed by atoms with Crippen LogP contribution in [0, 0.1) is 0 Å². The SMILES string of the molecule is COC(=O)/C=C/c1cc(OC)c(OC)c(S(=O)(=O)Nc2cc(C(=O)O)cc(C(F)(F)F)c2)c1. The van der Waals surface area contributed by atoms with E-state index in [0.29, 0.717) is 12.1 Å². The summed E-state index contributed by atoms with van der Waals surface area (Å²) in [6.07, 6.45) is -2.69. The molecule has 0 bridgehead atoms. The molecule has 0 radical (unpaired) electrons. The van der Waals surface area contributed by atoms with Gasteiger partial charge in [0.15, 0.2) is 11.5 Å². The zero-order chi connectivity index (χ0) is 25.0. The summed E-state index contributed by atoms with van der Waals surface area (Å²) >= 11 is 0. The highest BCUT2D eigenvalue weighted by molar-refractivity contribution is 7.92. The van der Waals surface area contributed by atoms with Gasteiger partial charge in [0.2, 0.25) is 0 Å². The highest BCUT2D eigenvalue weighted by Gasteiger charge is 2.33. The van der Waals surface area contributed by atoms with E-state index in [1.807, 2.05) is 4.72 Å². The van der Waals surface area contributed by atoms with Gasteiger partial charge in [0.05, 0.1) is 38.1 Å². The van der Waals surface area contributed by atoms with E-state index in [4.69, 9.17) is 14.6 Å². The van der Waals surface area contributed by atoms with E-state index in [0.717, 1.165) is 32.4 Å². The topological polar surface area (TPSA) is 128 Å². The van der Waals surface area contributed by atoms with Crippen LogP contribution >= 0.6 is 0 Å². The summed E-state index contributed by atoms with van der Waals surface area (Å²) < 4.78 is 82.2. The van der Waals surface area contributed by atoms with Crippen molar-refractivity contribution < 1.29 is 50.5 Å². The molecule has 0 amide bonds. The van der Waals surface area contributed by atoms with Crippen molar-refractivity contribution in [1.82, 2.24) is 0 Å². The predicted octanol–water partition coefficient (Wildman–Crippen LogP) is 3.41. The Bertz CT molecular complexity index is 1210. The number of nitrogens with one attached hydrogen (secondary N) is 1. The third kappa shape index (κ3) is 6.16. The molecule has 0 unspecified atom stereocenters. The van der Waals surface area contributed by atoms with E-state index in [9.17, 15) is 31.2 Å². The van der Waals surface area contributed by atoms with Crippen molar-refractivity contribution in [3.8, 4) is 11.5 Å². The average molecular weight is 489 g/mol. The van der Waals surface area contributed by atoms with E-state index >= 15 is 0 Å². The molecular weight excluding hydrogens is 471 g/mol. The van der Waals surface area contributed by atoms with Gasteiger partial charge in [-0.1, -0.05) is 0 Å². The molecular formula is C20H18F3NO8S. The molecule has 2 N–H and O–H groups in total. The lowest BCUT2D eigenvalue weighted by atomic mass is 10.1. The number of carbonyl (C=O) groups excluding carboxylic acids is 1. The summed E-state index contributed by atoms with van der Waals surface area (Å²) in [4.78, 5) is 22.0. The second-order valence-corrected chi connectivity index (χ2v) is 7.97. The van der Waals surface area contributed by atoms with Crippen LogP contribution in [0.3, 0.4) is 0 Å². The van der Waals surface area contributed by atoms with Crippen molar-refractivity contribution in [2.24, 2.45) is 0 Å². The Hall–Kier alpha value is -3.74. The van der Waals surface area contributed by atoms with Gasteiger partial charge in [-0.2, -0.15) is 13.2 Å². The van der Waals surface area contributed by atoms with Gasteiger partial charge in [-0.15, -0.1) is 0 Å². The fraction of sp³-hybridized carbons (Fsp3) is 0.200. The molecule has 0 atom stereocenters. The van der Waals surface area contributed by atoms with E-state index in [1.165, 1.54) is 19.3 Å². The number of methoxy groups -OCH3 is 3. The van der Waals surface area contributed by atoms with Crippen LogP contribution in [-0.4, -0.2) is 46.8 Å². The summed E-state index contributed by atoms with van der Waals surface area (Å²) in [5.74, 6) is -2.74. The third-order valence-corrected chi connectivity index (χ3v) is 5.52. The number of sulfonamides is 1. The van der Waals surface area contributed by atoms with Crippen LogP contribution in [-0.2, 0) is 25.7 Å². The van der Waals surface area contributed by atoms with Crippen molar-refractivity contribution >= 4 is 33.7 Å². The van der Waals surface area contributed by atoms with Crippen LogP contribution in [0.25, 0.3) is 6.08 Å². The smallest absolute Gasteiger partial charge is 0.416 e. The number of carboxylic acid groups (broad SMARTS) is 1. The molecule has 0 heterocycles.